The SMILES string of the molecule is CC1=C[C@@H](C)C[C@@H](c2ccncc2N)C1. The molecule has 1 aliphatic rings. The Morgan fingerprint density at radius 2 is 2.27 bits per heavy atom. The van der Waals surface area contributed by atoms with E-state index in [-0.39, 0.29) is 0 Å². The van der Waals surface area contributed by atoms with Gasteiger partial charge in [0.2, 0.25) is 0 Å². The summed E-state index contributed by atoms with van der Waals surface area (Å²) in [6, 6.07) is 2.06. The van der Waals surface area contributed by atoms with Crippen LogP contribution in [0.4, 0.5) is 5.69 Å². The Kier molecular flexibility index (Phi) is 2.76. The number of nitrogen functional groups attached to an aromatic ring is 1. The minimum Gasteiger partial charge on any atom is -0.397 e. The Morgan fingerprint density at radius 1 is 1.47 bits per heavy atom. The van der Waals surface area contributed by atoms with Crippen LogP contribution in [0.25, 0.3) is 0 Å². The zero-order valence-electron chi connectivity index (χ0n) is 9.40. The average Bonchev–Trinajstić information content (AvgIpc) is 2.16. The van der Waals surface area contributed by atoms with Crippen LogP contribution in [-0.2, 0) is 0 Å². The van der Waals surface area contributed by atoms with Gasteiger partial charge in [-0.3, -0.25) is 4.98 Å². The summed E-state index contributed by atoms with van der Waals surface area (Å²) in [5.74, 6) is 1.24. The zero-order valence-corrected chi connectivity index (χ0v) is 9.40. The maximum absolute atomic E-state index is 5.96. The van der Waals surface area contributed by atoms with Crippen molar-refractivity contribution in [2.24, 2.45) is 5.92 Å². The topological polar surface area (TPSA) is 38.9 Å². The van der Waals surface area contributed by atoms with Crippen molar-refractivity contribution in [2.45, 2.75) is 32.6 Å². The molecule has 0 amide bonds. The molecule has 0 unspecified atom stereocenters. The molecule has 2 atom stereocenters. The molecule has 0 bridgehead atoms. The van der Waals surface area contributed by atoms with Crippen molar-refractivity contribution in [2.75, 3.05) is 5.73 Å². The van der Waals surface area contributed by atoms with E-state index >= 15 is 0 Å². The van der Waals surface area contributed by atoms with Gasteiger partial charge < -0.3 is 5.73 Å². The summed E-state index contributed by atoms with van der Waals surface area (Å²) in [6.45, 7) is 4.48. The first kappa shape index (κ1) is 10.2. The fourth-order valence-electron chi connectivity index (χ4n) is 2.57. The molecule has 80 valence electrons. The van der Waals surface area contributed by atoms with Crippen molar-refractivity contribution in [3.05, 3.63) is 35.7 Å². The molecule has 2 N–H and O–H groups in total. The quantitative estimate of drug-likeness (QED) is 0.711. The lowest BCUT2D eigenvalue weighted by atomic mass is 9.79. The highest BCUT2D eigenvalue weighted by Gasteiger charge is 2.21. The molecule has 1 aliphatic carbocycles. The van der Waals surface area contributed by atoms with E-state index in [1.54, 1.807) is 6.20 Å². The molecular weight excluding hydrogens is 184 g/mol. The Hall–Kier alpha value is -1.31. The fourth-order valence-corrected chi connectivity index (χ4v) is 2.57. The molecule has 1 aromatic heterocycles. The van der Waals surface area contributed by atoms with Gasteiger partial charge in [-0.1, -0.05) is 18.6 Å². The number of rotatable bonds is 1. The first-order valence-corrected chi connectivity index (χ1v) is 5.53. The van der Waals surface area contributed by atoms with E-state index in [9.17, 15) is 0 Å². The smallest absolute Gasteiger partial charge is 0.0536 e. The van der Waals surface area contributed by atoms with Gasteiger partial charge in [-0.2, -0.15) is 0 Å². The second kappa shape index (κ2) is 4.05. The summed E-state index contributed by atoms with van der Waals surface area (Å²) in [7, 11) is 0. The monoisotopic (exact) mass is 202 g/mol. The molecular formula is C13H18N2. The Labute approximate surface area is 91.2 Å². The predicted molar refractivity (Wildman–Crippen MR) is 63.5 cm³/mol. The highest BCUT2D eigenvalue weighted by atomic mass is 14.7. The van der Waals surface area contributed by atoms with Gasteiger partial charge in [0.15, 0.2) is 0 Å². The van der Waals surface area contributed by atoms with E-state index in [4.69, 9.17) is 5.73 Å². The zero-order chi connectivity index (χ0) is 10.8. The van der Waals surface area contributed by atoms with E-state index in [0.29, 0.717) is 11.8 Å². The van der Waals surface area contributed by atoms with Crippen LogP contribution < -0.4 is 5.73 Å². The van der Waals surface area contributed by atoms with Crippen LogP contribution in [0.15, 0.2) is 30.1 Å². The standard InChI is InChI=1S/C13H18N2/c1-9-5-10(2)7-11(6-9)12-3-4-15-8-13(12)14/h3-5,8-9,11H,6-7,14H2,1-2H3/t9-,11-/m1/s1. The van der Waals surface area contributed by atoms with Gasteiger partial charge in [-0.15, -0.1) is 0 Å². The normalized spacial score (nSPS) is 26.1. The Morgan fingerprint density at radius 3 is 2.93 bits per heavy atom. The van der Waals surface area contributed by atoms with Gasteiger partial charge in [0.05, 0.1) is 11.9 Å². The summed E-state index contributed by atoms with van der Waals surface area (Å²) in [4.78, 5) is 4.04. The number of hydrogen-bond acceptors (Lipinski definition) is 2. The van der Waals surface area contributed by atoms with E-state index < -0.39 is 0 Å². The van der Waals surface area contributed by atoms with Crippen LogP contribution in [-0.4, -0.2) is 4.98 Å². The van der Waals surface area contributed by atoms with Crippen LogP contribution in [0.3, 0.4) is 0 Å². The Bertz CT molecular complexity index is 382. The van der Waals surface area contributed by atoms with Crippen LogP contribution in [0.2, 0.25) is 0 Å². The molecule has 0 aromatic carbocycles. The lowest BCUT2D eigenvalue weighted by molar-refractivity contribution is 0.501. The van der Waals surface area contributed by atoms with Crippen molar-refractivity contribution < 1.29 is 0 Å². The molecule has 2 heteroatoms. The summed E-state index contributed by atoms with van der Waals surface area (Å²) in [6.07, 6.45) is 8.30. The number of nitrogens with zero attached hydrogens (tertiary/aromatic N) is 1. The van der Waals surface area contributed by atoms with Crippen molar-refractivity contribution in [1.82, 2.24) is 4.98 Å². The van der Waals surface area contributed by atoms with Gasteiger partial charge in [0.25, 0.3) is 0 Å². The third-order valence-corrected chi connectivity index (χ3v) is 3.12. The number of allylic oxidation sites excluding steroid dienone is 2. The predicted octanol–water partition coefficient (Wildman–Crippen LogP) is 3.12. The van der Waals surface area contributed by atoms with Crippen LogP contribution in [0.5, 0.6) is 0 Å². The summed E-state index contributed by atoms with van der Waals surface area (Å²) < 4.78 is 0. The van der Waals surface area contributed by atoms with Crippen molar-refractivity contribution in [3.63, 3.8) is 0 Å². The van der Waals surface area contributed by atoms with Crippen molar-refractivity contribution in [3.8, 4) is 0 Å². The average molecular weight is 202 g/mol. The summed E-state index contributed by atoms with van der Waals surface area (Å²) in [5.41, 5.74) is 9.55. The maximum Gasteiger partial charge on any atom is 0.0536 e. The molecule has 1 heterocycles. The highest BCUT2D eigenvalue weighted by molar-refractivity contribution is 5.46. The van der Waals surface area contributed by atoms with Crippen molar-refractivity contribution >= 4 is 5.69 Å². The second-order valence-electron chi connectivity index (χ2n) is 4.63. The molecule has 0 saturated heterocycles. The summed E-state index contributed by atoms with van der Waals surface area (Å²) >= 11 is 0. The largest absolute Gasteiger partial charge is 0.397 e. The van der Waals surface area contributed by atoms with E-state index in [1.807, 2.05) is 6.20 Å². The number of nitrogens with two attached hydrogens (primary N) is 1. The van der Waals surface area contributed by atoms with Gasteiger partial charge in [0, 0.05) is 6.20 Å². The molecule has 0 saturated carbocycles. The number of pyridine rings is 1. The van der Waals surface area contributed by atoms with E-state index in [0.717, 1.165) is 12.1 Å². The molecule has 0 radical (unpaired) electrons. The van der Waals surface area contributed by atoms with Crippen LogP contribution >= 0.6 is 0 Å². The lowest BCUT2D eigenvalue weighted by Gasteiger charge is -2.26. The first-order valence-electron chi connectivity index (χ1n) is 5.53. The van der Waals surface area contributed by atoms with E-state index in [2.05, 4.69) is 31.0 Å². The molecule has 2 nitrogen and oxygen atoms in total. The maximum atomic E-state index is 5.96. The minimum atomic E-state index is 0.577. The van der Waals surface area contributed by atoms with Gasteiger partial charge >= 0.3 is 0 Å². The fraction of sp³-hybridized carbons (Fsp3) is 0.462. The van der Waals surface area contributed by atoms with Crippen LogP contribution in [0, 0.1) is 5.92 Å². The molecule has 0 fully saturated rings. The summed E-state index contributed by atoms with van der Waals surface area (Å²) in [5, 5.41) is 0. The third-order valence-electron chi connectivity index (χ3n) is 3.12. The van der Waals surface area contributed by atoms with Crippen molar-refractivity contribution in [1.29, 1.82) is 0 Å². The number of anilines is 1. The second-order valence-corrected chi connectivity index (χ2v) is 4.63. The van der Waals surface area contributed by atoms with Crippen LogP contribution in [0.1, 0.15) is 38.2 Å². The lowest BCUT2D eigenvalue weighted by Crippen LogP contribution is -2.12. The highest BCUT2D eigenvalue weighted by Crippen LogP contribution is 2.37. The van der Waals surface area contributed by atoms with Gasteiger partial charge in [-0.25, -0.2) is 0 Å². The Balaban J connectivity index is 2.26. The molecule has 1 aromatic rings. The molecule has 15 heavy (non-hydrogen) atoms. The molecule has 0 aliphatic heterocycles. The third kappa shape index (κ3) is 2.20. The molecule has 0 spiro atoms. The number of aromatic nitrogens is 1. The first-order chi connectivity index (χ1) is 7.16. The molecule has 2 rings (SSSR count). The number of hydrogen-bond donors (Lipinski definition) is 1. The minimum absolute atomic E-state index is 0.577. The van der Waals surface area contributed by atoms with Gasteiger partial charge in [-0.05, 0) is 43.2 Å². The van der Waals surface area contributed by atoms with Gasteiger partial charge in [0.1, 0.15) is 0 Å². The van der Waals surface area contributed by atoms with E-state index in [1.165, 1.54) is 17.6 Å².